The van der Waals surface area contributed by atoms with Crippen LogP contribution in [0.1, 0.15) is 110 Å². The van der Waals surface area contributed by atoms with E-state index in [0.29, 0.717) is 28.6 Å². The molecule has 0 spiro atoms. The summed E-state index contributed by atoms with van der Waals surface area (Å²) in [5.41, 5.74) is 0.380. The van der Waals surface area contributed by atoms with Crippen molar-refractivity contribution in [2.45, 2.75) is 146 Å². The Labute approximate surface area is 259 Å². The van der Waals surface area contributed by atoms with E-state index >= 15 is 0 Å². The molecule has 3 aliphatic rings. The maximum Gasteiger partial charge on any atom is 0.241 e. The zero-order valence-corrected chi connectivity index (χ0v) is 29.3. The van der Waals surface area contributed by atoms with Gasteiger partial charge in [0.2, 0.25) is 10.0 Å². The molecule has 3 saturated carbocycles. The van der Waals surface area contributed by atoms with Gasteiger partial charge in [-0.1, -0.05) is 108 Å². The van der Waals surface area contributed by atoms with Gasteiger partial charge in [-0.3, -0.25) is 0 Å². The quantitative estimate of drug-likeness (QED) is 0.117. The number of unbranched alkanes of at least 4 members (excludes halogenated alkanes) is 2. The summed E-state index contributed by atoms with van der Waals surface area (Å²) in [6.07, 6.45) is 18.3. The normalized spacial score (nSPS) is 26.7. The van der Waals surface area contributed by atoms with E-state index in [2.05, 4.69) is 69.5 Å². The predicted molar refractivity (Wildman–Crippen MR) is 178 cm³/mol. The van der Waals surface area contributed by atoms with E-state index < -0.39 is 23.9 Å². The Kier molecular flexibility index (Phi) is 10.9. The summed E-state index contributed by atoms with van der Waals surface area (Å²) < 4.78 is 37.0. The van der Waals surface area contributed by atoms with Crippen molar-refractivity contribution in [2.75, 3.05) is 0 Å². The first-order chi connectivity index (χ1) is 19.8. The van der Waals surface area contributed by atoms with Crippen LogP contribution in [0.15, 0.2) is 41.3 Å². The molecule has 0 heterocycles. The second kappa shape index (κ2) is 13.7. The molecule has 0 aliphatic heterocycles. The van der Waals surface area contributed by atoms with Crippen molar-refractivity contribution in [1.82, 2.24) is 4.72 Å². The second-order valence-corrected chi connectivity index (χ2v) is 21.5. The summed E-state index contributed by atoms with van der Waals surface area (Å²) in [6.45, 7) is 15.9. The fourth-order valence-electron chi connectivity index (χ4n) is 7.09. The molecule has 42 heavy (non-hydrogen) atoms. The van der Waals surface area contributed by atoms with Crippen molar-refractivity contribution in [2.24, 2.45) is 23.7 Å². The summed E-state index contributed by atoms with van der Waals surface area (Å²) in [6, 6.07) is 7.15. The highest BCUT2D eigenvalue weighted by Gasteiger charge is 2.46. The van der Waals surface area contributed by atoms with E-state index in [9.17, 15) is 8.42 Å². The Morgan fingerprint density at radius 2 is 1.74 bits per heavy atom. The number of allylic oxidation sites excluding steroid dienone is 1. The van der Waals surface area contributed by atoms with Crippen LogP contribution in [0.25, 0.3) is 0 Å². The highest BCUT2D eigenvalue weighted by molar-refractivity contribution is 7.89. The van der Waals surface area contributed by atoms with Crippen molar-refractivity contribution >= 4 is 18.3 Å². The number of rotatable bonds is 11. The fraction of sp³-hybridized carbons (Fsp3) is 0.722. The summed E-state index contributed by atoms with van der Waals surface area (Å²) in [7, 11) is -5.53. The van der Waals surface area contributed by atoms with Gasteiger partial charge in [-0.25, -0.2) is 8.42 Å². The Hall–Kier alpha value is -1.39. The van der Waals surface area contributed by atoms with E-state index in [0.717, 1.165) is 44.1 Å². The first kappa shape index (κ1) is 33.5. The Bertz CT molecular complexity index is 1230. The third kappa shape index (κ3) is 8.20. The van der Waals surface area contributed by atoms with Crippen LogP contribution in [0, 0.1) is 42.4 Å². The Morgan fingerprint density at radius 1 is 1.07 bits per heavy atom. The number of sulfonamides is 1. The second-order valence-electron chi connectivity index (χ2n) is 15.1. The lowest BCUT2D eigenvalue weighted by Gasteiger charge is -2.39. The van der Waals surface area contributed by atoms with Crippen molar-refractivity contribution in [3.63, 3.8) is 0 Å². The lowest BCUT2D eigenvalue weighted by atomic mass is 9.77. The largest absolute Gasteiger partial charge is 0.411 e. The van der Waals surface area contributed by atoms with Gasteiger partial charge in [0.25, 0.3) is 0 Å². The predicted octanol–water partition coefficient (Wildman–Crippen LogP) is 9.17. The molecule has 1 aromatic carbocycles. The molecule has 234 valence electrons. The van der Waals surface area contributed by atoms with Crippen molar-refractivity contribution in [3.05, 3.63) is 42.0 Å². The van der Waals surface area contributed by atoms with Crippen LogP contribution in [-0.2, 0) is 14.4 Å². The van der Waals surface area contributed by atoms with E-state index in [1.54, 1.807) is 12.1 Å². The van der Waals surface area contributed by atoms with Gasteiger partial charge < -0.3 is 4.43 Å². The number of fused-ring (bicyclic) bond motifs is 2. The fourth-order valence-corrected chi connectivity index (χ4v) is 9.78. The number of hydrogen-bond donors (Lipinski definition) is 1. The van der Waals surface area contributed by atoms with Gasteiger partial charge in [-0.2, -0.15) is 4.72 Å². The van der Waals surface area contributed by atoms with Gasteiger partial charge in [-0.15, -0.1) is 0 Å². The van der Waals surface area contributed by atoms with Gasteiger partial charge in [0.1, 0.15) is 0 Å². The SMILES string of the molecule is CCCCC[C@@H](/C=C/[C@H]1[C@@H]2CC[C@@H](C2)[C@H]1C#CC1(NS(=O)(=O)c2ccc(C)cc2)CCCCC1)O[Si](C)(C)C(C)(C)C. The number of benzene rings is 1. The zero-order valence-electron chi connectivity index (χ0n) is 27.5. The monoisotopic (exact) mass is 611 g/mol. The molecular formula is C36H57NO3SSi. The molecule has 6 heteroatoms. The molecule has 0 aromatic heterocycles. The summed E-state index contributed by atoms with van der Waals surface area (Å²) in [5.74, 6) is 9.39. The average Bonchev–Trinajstić information content (AvgIpc) is 3.52. The molecule has 2 bridgehead atoms. The molecule has 0 radical (unpaired) electrons. The summed E-state index contributed by atoms with van der Waals surface area (Å²) in [5, 5.41) is 0.185. The lowest BCUT2D eigenvalue weighted by molar-refractivity contribution is 0.209. The van der Waals surface area contributed by atoms with Crippen molar-refractivity contribution in [1.29, 1.82) is 0 Å². The first-order valence-electron chi connectivity index (χ1n) is 16.7. The molecule has 4 rings (SSSR count). The first-order valence-corrected chi connectivity index (χ1v) is 21.1. The third-order valence-corrected chi connectivity index (χ3v) is 16.8. The summed E-state index contributed by atoms with van der Waals surface area (Å²) in [4.78, 5) is 0.330. The van der Waals surface area contributed by atoms with E-state index in [1.165, 1.54) is 38.5 Å². The maximum absolute atomic E-state index is 13.5. The van der Waals surface area contributed by atoms with Gasteiger partial charge in [0.15, 0.2) is 8.32 Å². The van der Waals surface area contributed by atoms with Crippen LogP contribution < -0.4 is 4.72 Å². The van der Waals surface area contributed by atoms with Gasteiger partial charge in [-0.05, 0) is 93.5 Å². The van der Waals surface area contributed by atoms with Crippen molar-refractivity contribution in [3.8, 4) is 11.8 Å². The van der Waals surface area contributed by atoms with E-state index in [-0.39, 0.29) is 11.1 Å². The molecule has 1 N–H and O–H groups in total. The van der Waals surface area contributed by atoms with Gasteiger partial charge in [0.05, 0.1) is 16.5 Å². The van der Waals surface area contributed by atoms with Crippen LogP contribution in [0.3, 0.4) is 0 Å². The van der Waals surface area contributed by atoms with Crippen LogP contribution in [0.2, 0.25) is 18.1 Å². The number of nitrogens with one attached hydrogen (secondary N) is 1. The number of aryl methyl sites for hydroxylation is 1. The molecule has 3 fully saturated rings. The smallest absolute Gasteiger partial charge is 0.241 e. The Balaban J connectivity index is 1.57. The minimum Gasteiger partial charge on any atom is -0.411 e. The highest BCUT2D eigenvalue weighted by Crippen LogP contribution is 2.53. The third-order valence-electron chi connectivity index (χ3n) is 10.7. The molecular weight excluding hydrogens is 555 g/mol. The molecule has 4 nitrogen and oxygen atoms in total. The molecule has 0 unspecified atom stereocenters. The zero-order chi connectivity index (χ0) is 30.6. The van der Waals surface area contributed by atoms with Crippen LogP contribution in [-0.4, -0.2) is 28.4 Å². The van der Waals surface area contributed by atoms with Gasteiger partial charge >= 0.3 is 0 Å². The molecule has 5 atom stereocenters. The standard InChI is InChI=1S/C36H57NO3SSi/c1-8-9-11-14-31(40-42(6,7)35(3,4)5)19-22-33-29-17-18-30(27-29)34(33)23-26-36(24-12-10-13-25-36)37-41(38,39)32-20-15-28(2)16-21-32/h15-16,19-22,29-31,33-34,37H,8-14,17-18,24-25,27H2,1-7H3/b22-19+/t29-,30+,31+,33+,34-/m1/s1. The molecule has 0 amide bonds. The lowest BCUT2D eigenvalue weighted by Crippen LogP contribution is -2.48. The topological polar surface area (TPSA) is 55.4 Å². The minimum absolute atomic E-state index is 0.163. The minimum atomic E-state index is -3.65. The van der Waals surface area contributed by atoms with Crippen LogP contribution in [0.4, 0.5) is 0 Å². The number of hydrogen-bond acceptors (Lipinski definition) is 3. The van der Waals surface area contributed by atoms with Gasteiger partial charge in [0, 0.05) is 5.92 Å². The molecule has 3 aliphatic carbocycles. The summed E-state index contributed by atoms with van der Waals surface area (Å²) >= 11 is 0. The Morgan fingerprint density at radius 3 is 2.38 bits per heavy atom. The van der Waals surface area contributed by atoms with Crippen LogP contribution >= 0.6 is 0 Å². The van der Waals surface area contributed by atoms with Crippen molar-refractivity contribution < 1.29 is 12.8 Å². The van der Waals surface area contributed by atoms with Crippen LogP contribution in [0.5, 0.6) is 0 Å². The average molecular weight is 612 g/mol. The molecule has 1 aromatic rings. The maximum atomic E-state index is 13.5. The molecule has 0 saturated heterocycles. The van der Waals surface area contributed by atoms with E-state index in [1.807, 2.05) is 19.1 Å². The highest BCUT2D eigenvalue weighted by atomic mass is 32.2. The van der Waals surface area contributed by atoms with E-state index in [4.69, 9.17) is 4.43 Å².